The summed E-state index contributed by atoms with van der Waals surface area (Å²) < 4.78 is 26.7. The molecule has 3 atom stereocenters. The zero-order chi connectivity index (χ0) is 31.8. The molecule has 3 aromatic rings. The van der Waals surface area contributed by atoms with Gasteiger partial charge in [0.2, 0.25) is 5.91 Å². The summed E-state index contributed by atoms with van der Waals surface area (Å²) in [6, 6.07) is 20.1. The van der Waals surface area contributed by atoms with E-state index >= 15 is 0 Å². The number of nitrogens with zero attached hydrogens (tertiary/aromatic N) is 2. The van der Waals surface area contributed by atoms with Crippen LogP contribution in [0.25, 0.3) is 0 Å². The Kier molecular flexibility index (Phi) is 10.4. The van der Waals surface area contributed by atoms with E-state index in [0.29, 0.717) is 29.9 Å². The summed E-state index contributed by atoms with van der Waals surface area (Å²) in [5, 5.41) is 10.8. The van der Waals surface area contributed by atoms with E-state index in [0.717, 1.165) is 11.1 Å². The summed E-state index contributed by atoms with van der Waals surface area (Å²) in [6.45, 7) is 2.60. The zero-order valence-electron chi connectivity index (χ0n) is 24.8. The number of carbonyl (C=O) groups is 3. The second-order valence-electron chi connectivity index (χ2n) is 10.3. The number of amides is 1. The minimum Gasteiger partial charge on any atom is -0.497 e. The third kappa shape index (κ3) is 7.82. The summed E-state index contributed by atoms with van der Waals surface area (Å²) in [7, 11) is 3.16. The van der Waals surface area contributed by atoms with Gasteiger partial charge in [-0.3, -0.25) is 19.7 Å². The Labute approximate surface area is 254 Å². The Morgan fingerprint density at radius 2 is 1.36 bits per heavy atom. The van der Waals surface area contributed by atoms with Crippen LogP contribution < -0.4 is 9.47 Å². The molecule has 1 amide bonds. The molecule has 0 N–H and O–H groups in total. The van der Waals surface area contributed by atoms with E-state index in [2.05, 4.69) is 0 Å². The molecular weight excluding hydrogens is 572 g/mol. The number of rotatable bonds is 13. The van der Waals surface area contributed by atoms with Crippen LogP contribution >= 0.6 is 0 Å². The zero-order valence-corrected chi connectivity index (χ0v) is 24.8. The number of esters is 1. The summed E-state index contributed by atoms with van der Waals surface area (Å²) in [5.41, 5.74) is 2.32. The van der Waals surface area contributed by atoms with Gasteiger partial charge in [0.1, 0.15) is 30.1 Å². The van der Waals surface area contributed by atoms with Gasteiger partial charge in [0, 0.05) is 25.1 Å². The first-order valence-electron chi connectivity index (χ1n) is 13.9. The molecule has 1 unspecified atom stereocenters. The highest BCUT2D eigenvalue weighted by atomic mass is 16.7. The fourth-order valence-corrected chi connectivity index (χ4v) is 5.08. The molecule has 1 saturated heterocycles. The monoisotopic (exact) mass is 606 g/mol. The fraction of sp³-hybridized carbons (Fsp3) is 0.344. The number of hydrogen-bond donors (Lipinski definition) is 0. The highest BCUT2D eigenvalue weighted by molar-refractivity contribution is 5.87. The molecule has 0 aromatic heterocycles. The molecule has 44 heavy (non-hydrogen) atoms. The molecule has 0 aliphatic carbocycles. The van der Waals surface area contributed by atoms with Crippen LogP contribution in [0.4, 0.5) is 10.5 Å². The Balaban J connectivity index is 1.48. The largest absolute Gasteiger partial charge is 0.508 e. The van der Waals surface area contributed by atoms with E-state index in [9.17, 15) is 24.5 Å². The molecule has 4 rings (SSSR count). The highest BCUT2D eigenvalue weighted by Crippen LogP contribution is 2.36. The van der Waals surface area contributed by atoms with E-state index in [4.69, 9.17) is 23.7 Å². The maximum atomic E-state index is 13.7. The van der Waals surface area contributed by atoms with Crippen LogP contribution in [0, 0.1) is 16.0 Å². The van der Waals surface area contributed by atoms with Crippen molar-refractivity contribution >= 4 is 23.7 Å². The molecule has 232 valence electrons. The van der Waals surface area contributed by atoms with E-state index in [1.165, 1.54) is 43.0 Å². The van der Waals surface area contributed by atoms with Crippen LogP contribution in [0.15, 0.2) is 72.8 Å². The van der Waals surface area contributed by atoms with Crippen LogP contribution in [0.5, 0.6) is 11.5 Å². The van der Waals surface area contributed by atoms with Crippen molar-refractivity contribution in [3.05, 3.63) is 99.6 Å². The Bertz CT molecular complexity index is 1410. The number of methoxy groups -OCH3 is 2. The highest BCUT2D eigenvalue weighted by Gasteiger charge is 2.56. The first kappa shape index (κ1) is 31.8. The third-order valence-electron chi connectivity index (χ3n) is 7.35. The summed E-state index contributed by atoms with van der Waals surface area (Å²) in [5.74, 6) is -0.466. The number of likely N-dealkylation sites (tertiary alicyclic amines) is 1. The van der Waals surface area contributed by atoms with Crippen molar-refractivity contribution in [2.75, 3.05) is 14.2 Å². The Hall–Kier alpha value is -5.13. The van der Waals surface area contributed by atoms with Gasteiger partial charge in [0.15, 0.2) is 6.23 Å². The minimum atomic E-state index is -1.03. The maximum Gasteiger partial charge on any atom is 0.508 e. The van der Waals surface area contributed by atoms with E-state index < -0.39 is 41.3 Å². The van der Waals surface area contributed by atoms with Gasteiger partial charge in [-0.05, 0) is 72.9 Å². The molecule has 0 spiro atoms. The Morgan fingerprint density at radius 3 is 1.82 bits per heavy atom. The number of nitro groups is 1. The lowest BCUT2D eigenvalue weighted by molar-refractivity contribution is -0.384. The van der Waals surface area contributed by atoms with Crippen LogP contribution in [0.2, 0.25) is 0 Å². The van der Waals surface area contributed by atoms with Gasteiger partial charge >= 0.3 is 12.1 Å². The fourth-order valence-electron chi connectivity index (χ4n) is 5.08. The van der Waals surface area contributed by atoms with Crippen LogP contribution in [0.1, 0.15) is 30.5 Å². The lowest BCUT2D eigenvalue weighted by Gasteiger charge is -2.51. The maximum absolute atomic E-state index is 13.7. The number of ether oxygens (including phenoxy) is 5. The third-order valence-corrected chi connectivity index (χ3v) is 7.35. The SMILES string of the molecule is COc1ccc(CC(Cc2ccc(OC)cc2)N2C(=O)[C@H](C(C)OC(=O)OCc3ccc([N+](=O)[O-])cc3)[C@H]2OC(C)=O)cc1. The van der Waals surface area contributed by atoms with Crippen molar-refractivity contribution in [1.82, 2.24) is 4.90 Å². The first-order chi connectivity index (χ1) is 21.1. The molecule has 1 aliphatic rings. The van der Waals surface area contributed by atoms with Gasteiger partial charge in [-0.25, -0.2) is 4.79 Å². The molecule has 1 aliphatic heterocycles. The molecule has 0 bridgehead atoms. The van der Waals surface area contributed by atoms with Gasteiger partial charge < -0.3 is 28.6 Å². The first-order valence-corrected chi connectivity index (χ1v) is 13.9. The van der Waals surface area contributed by atoms with E-state index in [1.54, 1.807) is 14.2 Å². The minimum absolute atomic E-state index is 0.0909. The molecule has 3 aromatic carbocycles. The number of benzene rings is 3. The summed E-state index contributed by atoms with van der Waals surface area (Å²) in [4.78, 5) is 50.1. The van der Waals surface area contributed by atoms with Crippen molar-refractivity contribution in [2.45, 2.75) is 51.7 Å². The van der Waals surface area contributed by atoms with Crippen molar-refractivity contribution in [3.8, 4) is 11.5 Å². The number of carbonyl (C=O) groups excluding carboxylic acids is 3. The van der Waals surface area contributed by atoms with Crippen LogP contribution in [-0.4, -0.2) is 60.4 Å². The predicted molar refractivity (Wildman–Crippen MR) is 157 cm³/mol. The van der Waals surface area contributed by atoms with E-state index in [1.807, 2.05) is 48.5 Å². The quantitative estimate of drug-likeness (QED) is 0.115. The molecule has 12 heteroatoms. The van der Waals surface area contributed by atoms with E-state index in [-0.39, 0.29) is 18.2 Å². The number of nitro benzene ring substituents is 1. The number of non-ortho nitro benzene ring substituents is 1. The van der Waals surface area contributed by atoms with Crippen LogP contribution in [-0.2, 0) is 43.2 Å². The second-order valence-corrected chi connectivity index (χ2v) is 10.3. The number of hydrogen-bond acceptors (Lipinski definition) is 10. The van der Waals surface area contributed by atoms with Gasteiger partial charge in [0.05, 0.1) is 19.1 Å². The molecule has 0 saturated carbocycles. The standard InChI is InChI=1S/C32H34N2O10/c1-20(43-32(37)42-19-24-5-11-25(12-6-24)34(38)39)29-30(36)33(31(29)44-21(2)35)26(17-22-7-13-27(40-3)14-8-22)18-23-9-15-28(41-4)16-10-23/h5-16,20,26,29,31H,17-19H2,1-4H3/t20?,29-,31+/m0/s1. The van der Waals surface area contributed by atoms with Crippen molar-refractivity contribution in [1.29, 1.82) is 0 Å². The second kappa shape index (κ2) is 14.4. The predicted octanol–water partition coefficient (Wildman–Crippen LogP) is 4.86. The van der Waals surface area contributed by atoms with Gasteiger partial charge in [-0.1, -0.05) is 24.3 Å². The van der Waals surface area contributed by atoms with Crippen molar-refractivity contribution in [3.63, 3.8) is 0 Å². The van der Waals surface area contributed by atoms with Crippen LogP contribution in [0.3, 0.4) is 0 Å². The molecular formula is C32H34N2O10. The average molecular weight is 607 g/mol. The van der Waals surface area contributed by atoms with Crippen molar-refractivity contribution in [2.24, 2.45) is 5.92 Å². The summed E-state index contributed by atoms with van der Waals surface area (Å²) in [6.07, 6.45) is -2.07. The number of β-lactam (4-membered cyclic amide) rings is 1. The van der Waals surface area contributed by atoms with Gasteiger partial charge in [-0.15, -0.1) is 0 Å². The molecule has 1 heterocycles. The summed E-state index contributed by atoms with van der Waals surface area (Å²) >= 11 is 0. The lowest BCUT2D eigenvalue weighted by atomic mass is 9.85. The molecule has 12 nitrogen and oxygen atoms in total. The Morgan fingerprint density at radius 1 is 0.864 bits per heavy atom. The normalized spacial score (nSPS) is 16.5. The molecule has 1 fully saturated rings. The topological polar surface area (TPSA) is 144 Å². The van der Waals surface area contributed by atoms with Crippen molar-refractivity contribution < 1.29 is 43.0 Å². The van der Waals surface area contributed by atoms with Gasteiger partial charge in [0.25, 0.3) is 5.69 Å². The smallest absolute Gasteiger partial charge is 0.497 e. The molecule has 0 radical (unpaired) electrons. The average Bonchev–Trinajstić information content (AvgIpc) is 3.00. The lowest BCUT2D eigenvalue weighted by Crippen LogP contribution is -2.69. The van der Waals surface area contributed by atoms with Gasteiger partial charge in [-0.2, -0.15) is 0 Å².